The van der Waals surface area contributed by atoms with E-state index in [1.165, 1.54) is 0 Å². The minimum absolute atomic E-state index is 0.119. The average molecular weight is 244 g/mol. The second-order valence-electron chi connectivity index (χ2n) is 5.95. The molecule has 3 fully saturated rings. The van der Waals surface area contributed by atoms with Gasteiger partial charge in [-0.3, -0.25) is 4.90 Å². The molecule has 3 aliphatic rings. The van der Waals surface area contributed by atoms with Crippen molar-refractivity contribution < 1.29 is 8.78 Å². The molecular formula is C13H22F2N2. The first-order valence-corrected chi connectivity index (χ1v) is 6.99. The highest BCUT2D eigenvalue weighted by molar-refractivity contribution is 4.97. The molecule has 2 nitrogen and oxygen atoms in total. The van der Waals surface area contributed by atoms with Gasteiger partial charge in [-0.25, -0.2) is 8.78 Å². The van der Waals surface area contributed by atoms with E-state index in [0.717, 1.165) is 38.9 Å². The van der Waals surface area contributed by atoms with Crippen LogP contribution in [0.1, 0.15) is 32.1 Å². The first-order valence-electron chi connectivity index (χ1n) is 6.99. The number of alkyl halides is 2. The fourth-order valence-electron chi connectivity index (χ4n) is 3.93. The predicted molar refractivity (Wildman–Crippen MR) is 63.2 cm³/mol. The molecule has 17 heavy (non-hydrogen) atoms. The molecule has 98 valence electrons. The predicted octanol–water partition coefficient (Wildman–Crippen LogP) is 2.11. The molecule has 2 heterocycles. The van der Waals surface area contributed by atoms with Gasteiger partial charge < -0.3 is 5.32 Å². The van der Waals surface area contributed by atoms with E-state index in [1.807, 2.05) is 0 Å². The second-order valence-corrected chi connectivity index (χ2v) is 5.95. The molecule has 2 saturated heterocycles. The standard InChI is InChI=1S/C13H22F2N2/c14-13(15)5-1-2-10-8-17(9-12(10)13)11-3-6-16-7-4-11/h10-12,16H,1-9H2/t10-,12-/m0/s1. The topological polar surface area (TPSA) is 15.3 Å². The quantitative estimate of drug-likeness (QED) is 0.760. The van der Waals surface area contributed by atoms with Crippen LogP contribution in [0.25, 0.3) is 0 Å². The Balaban J connectivity index is 1.67. The molecular weight excluding hydrogens is 222 g/mol. The Hall–Kier alpha value is -0.220. The maximum atomic E-state index is 13.9. The van der Waals surface area contributed by atoms with E-state index >= 15 is 0 Å². The van der Waals surface area contributed by atoms with Gasteiger partial charge in [0.05, 0.1) is 0 Å². The lowest BCUT2D eigenvalue weighted by Gasteiger charge is -2.33. The number of hydrogen-bond donors (Lipinski definition) is 1. The average Bonchev–Trinajstić information content (AvgIpc) is 2.75. The fraction of sp³-hybridized carbons (Fsp3) is 1.00. The smallest absolute Gasteiger partial charge is 0.252 e. The lowest BCUT2D eigenvalue weighted by Crippen LogP contribution is -2.43. The zero-order valence-electron chi connectivity index (χ0n) is 10.3. The zero-order chi connectivity index (χ0) is 11.9. The summed E-state index contributed by atoms with van der Waals surface area (Å²) in [6.07, 6.45) is 4.11. The van der Waals surface area contributed by atoms with Crippen LogP contribution in [0.4, 0.5) is 8.78 Å². The highest BCUT2D eigenvalue weighted by Crippen LogP contribution is 2.46. The number of piperidine rings is 1. The van der Waals surface area contributed by atoms with Crippen LogP contribution in [0.5, 0.6) is 0 Å². The number of likely N-dealkylation sites (tertiary alicyclic amines) is 1. The summed E-state index contributed by atoms with van der Waals surface area (Å²) in [6, 6.07) is 0.553. The number of nitrogens with one attached hydrogen (secondary N) is 1. The lowest BCUT2D eigenvalue weighted by molar-refractivity contribution is -0.0950. The number of halogens is 2. The third-order valence-corrected chi connectivity index (χ3v) is 4.92. The largest absolute Gasteiger partial charge is 0.317 e. The molecule has 2 atom stereocenters. The van der Waals surface area contributed by atoms with Crippen molar-refractivity contribution in [3.63, 3.8) is 0 Å². The van der Waals surface area contributed by atoms with Crippen molar-refractivity contribution in [1.29, 1.82) is 0 Å². The molecule has 2 aliphatic heterocycles. The van der Waals surface area contributed by atoms with Crippen LogP contribution < -0.4 is 5.32 Å². The Labute approximate surface area is 102 Å². The van der Waals surface area contributed by atoms with Crippen LogP contribution in [0.2, 0.25) is 0 Å². The maximum absolute atomic E-state index is 13.9. The van der Waals surface area contributed by atoms with Crippen molar-refractivity contribution in [3.05, 3.63) is 0 Å². The first kappa shape index (κ1) is 11.8. The Morgan fingerprint density at radius 2 is 1.82 bits per heavy atom. The van der Waals surface area contributed by atoms with Gasteiger partial charge in [-0.1, -0.05) is 0 Å². The van der Waals surface area contributed by atoms with Crippen molar-refractivity contribution in [2.75, 3.05) is 26.2 Å². The Bertz CT molecular complexity index is 277. The van der Waals surface area contributed by atoms with E-state index in [-0.39, 0.29) is 18.3 Å². The third kappa shape index (κ3) is 2.22. The van der Waals surface area contributed by atoms with Gasteiger partial charge in [-0.2, -0.15) is 0 Å². The summed E-state index contributed by atoms with van der Waals surface area (Å²) in [5.41, 5.74) is 0. The minimum atomic E-state index is -2.40. The van der Waals surface area contributed by atoms with Gasteiger partial charge in [0.25, 0.3) is 5.92 Å². The SMILES string of the molecule is FC1(F)CCC[C@H]2CN(C3CCNCC3)C[C@@H]21. The van der Waals surface area contributed by atoms with Crippen molar-refractivity contribution in [2.24, 2.45) is 11.8 Å². The molecule has 4 heteroatoms. The third-order valence-electron chi connectivity index (χ3n) is 4.92. The molecule has 1 N–H and O–H groups in total. The first-order chi connectivity index (χ1) is 8.17. The summed E-state index contributed by atoms with van der Waals surface area (Å²) in [6.45, 7) is 3.66. The van der Waals surface area contributed by atoms with Crippen molar-refractivity contribution in [2.45, 2.75) is 44.1 Å². The van der Waals surface area contributed by atoms with Crippen molar-refractivity contribution in [3.8, 4) is 0 Å². The number of nitrogens with zero attached hydrogens (tertiary/aromatic N) is 1. The Morgan fingerprint density at radius 1 is 1.06 bits per heavy atom. The summed E-state index contributed by atoms with van der Waals surface area (Å²) in [5.74, 6) is -2.50. The van der Waals surface area contributed by atoms with Crippen LogP contribution >= 0.6 is 0 Å². The summed E-state index contributed by atoms with van der Waals surface area (Å²) < 4.78 is 27.7. The number of rotatable bonds is 1. The molecule has 0 amide bonds. The van der Waals surface area contributed by atoms with Crippen LogP contribution in [0.3, 0.4) is 0 Å². The monoisotopic (exact) mass is 244 g/mol. The molecule has 0 aromatic carbocycles. The van der Waals surface area contributed by atoms with Gasteiger partial charge >= 0.3 is 0 Å². The highest BCUT2D eigenvalue weighted by Gasteiger charge is 2.51. The molecule has 1 saturated carbocycles. The zero-order valence-corrected chi connectivity index (χ0v) is 10.3. The van der Waals surface area contributed by atoms with Gasteiger partial charge in [0.2, 0.25) is 0 Å². The Morgan fingerprint density at radius 3 is 2.53 bits per heavy atom. The molecule has 0 bridgehead atoms. The van der Waals surface area contributed by atoms with Crippen molar-refractivity contribution in [1.82, 2.24) is 10.2 Å². The Kier molecular flexibility index (Phi) is 3.11. The van der Waals surface area contributed by atoms with Gasteiger partial charge in [0.1, 0.15) is 0 Å². The second kappa shape index (κ2) is 4.47. The molecule has 1 aliphatic carbocycles. The minimum Gasteiger partial charge on any atom is -0.317 e. The highest BCUT2D eigenvalue weighted by atomic mass is 19.3. The molecule has 0 spiro atoms. The van der Waals surface area contributed by atoms with Crippen LogP contribution in [-0.4, -0.2) is 43.0 Å². The number of fused-ring (bicyclic) bond motifs is 1. The van der Waals surface area contributed by atoms with Gasteiger partial charge in [-0.15, -0.1) is 0 Å². The summed E-state index contributed by atoms with van der Waals surface area (Å²) in [5, 5.41) is 3.34. The normalized spacial score (nSPS) is 39.2. The lowest BCUT2D eigenvalue weighted by atomic mass is 9.79. The van der Waals surface area contributed by atoms with E-state index in [1.54, 1.807) is 0 Å². The number of hydrogen-bond acceptors (Lipinski definition) is 2. The van der Waals surface area contributed by atoms with E-state index in [0.29, 0.717) is 19.0 Å². The fourth-order valence-corrected chi connectivity index (χ4v) is 3.93. The van der Waals surface area contributed by atoms with Gasteiger partial charge in [0, 0.05) is 31.5 Å². The van der Waals surface area contributed by atoms with Gasteiger partial charge in [-0.05, 0) is 44.7 Å². The van der Waals surface area contributed by atoms with Gasteiger partial charge in [0.15, 0.2) is 0 Å². The van der Waals surface area contributed by atoms with Crippen LogP contribution in [0, 0.1) is 11.8 Å². The van der Waals surface area contributed by atoms with Crippen molar-refractivity contribution >= 4 is 0 Å². The van der Waals surface area contributed by atoms with Crippen LogP contribution in [0.15, 0.2) is 0 Å². The van der Waals surface area contributed by atoms with Crippen LogP contribution in [-0.2, 0) is 0 Å². The molecule has 0 aromatic heterocycles. The molecule has 0 radical (unpaired) electrons. The van der Waals surface area contributed by atoms with E-state index in [9.17, 15) is 8.78 Å². The van der Waals surface area contributed by atoms with E-state index in [4.69, 9.17) is 0 Å². The summed E-state index contributed by atoms with van der Waals surface area (Å²) >= 11 is 0. The molecule has 3 rings (SSSR count). The molecule has 0 unspecified atom stereocenters. The maximum Gasteiger partial charge on any atom is 0.252 e. The summed E-state index contributed by atoms with van der Waals surface area (Å²) in [4.78, 5) is 2.36. The summed E-state index contributed by atoms with van der Waals surface area (Å²) in [7, 11) is 0. The van der Waals surface area contributed by atoms with E-state index in [2.05, 4.69) is 10.2 Å². The molecule has 0 aromatic rings. The van der Waals surface area contributed by atoms with E-state index < -0.39 is 5.92 Å².